The molecule has 0 aromatic heterocycles. The Kier molecular flexibility index (Phi) is 5.38. The van der Waals surface area contributed by atoms with Crippen LogP contribution in [0.2, 0.25) is 0 Å². The largest absolute Gasteiger partial charge is 0.367 e. The first kappa shape index (κ1) is 17.2. The highest BCUT2D eigenvalue weighted by Gasteiger charge is 2.39. The van der Waals surface area contributed by atoms with E-state index in [1.807, 2.05) is 0 Å². The predicted octanol–water partition coefficient (Wildman–Crippen LogP) is 3.42. The van der Waals surface area contributed by atoms with Gasteiger partial charge in [-0.15, -0.1) is 0 Å². The molecule has 0 spiro atoms. The third-order valence-electron chi connectivity index (χ3n) is 5.10. The van der Waals surface area contributed by atoms with Gasteiger partial charge in [-0.2, -0.15) is 0 Å². The number of nitrogens with two attached hydrogens (primary N) is 1. The van der Waals surface area contributed by atoms with Gasteiger partial charge in [0.2, 0.25) is 0 Å². The average Bonchev–Trinajstić information content (AvgIpc) is 2.29. The first-order valence-electron chi connectivity index (χ1n) is 8.89. The Labute approximate surface area is 131 Å². The Morgan fingerprint density at radius 1 is 1.10 bits per heavy atom. The van der Waals surface area contributed by atoms with Crippen LogP contribution in [0.5, 0.6) is 0 Å². The third-order valence-corrected chi connectivity index (χ3v) is 5.10. The lowest BCUT2D eigenvalue weighted by Gasteiger charge is -2.49. The highest BCUT2D eigenvalue weighted by atomic mass is 16.5. The van der Waals surface area contributed by atoms with Crippen LogP contribution in [0.3, 0.4) is 0 Å². The summed E-state index contributed by atoms with van der Waals surface area (Å²) in [4.78, 5) is 2.60. The lowest BCUT2D eigenvalue weighted by Crippen LogP contribution is -2.59. The molecule has 3 heteroatoms. The van der Waals surface area contributed by atoms with Gasteiger partial charge in [0.05, 0.1) is 11.2 Å². The van der Waals surface area contributed by atoms with E-state index in [4.69, 9.17) is 10.5 Å². The molecule has 0 radical (unpaired) electrons. The number of rotatable bonds is 4. The molecule has 21 heavy (non-hydrogen) atoms. The van der Waals surface area contributed by atoms with Crippen molar-refractivity contribution >= 4 is 0 Å². The Morgan fingerprint density at radius 2 is 1.71 bits per heavy atom. The second-order valence-corrected chi connectivity index (χ2v) is 8.68. The Hall–Kier alpha value is -0.120. The van der Waals surface area contributed by atoms with Gasteiger partial charge in [0.15, 0.2) is 0 Å². The summed E-state index contributed by atoms with van der Waals surface area (Å²) in [7, 11) is 0. The Balaban J connectivity index is 1.95. The molecule has 3 nitrogen and oxygen atoms in total. The second kappa shape index (κ2) is 6.55. The van der Waals surface area contributed by atoms with E-state index < -0.39 is 0 Å². The average molecular weight is 296 g/mol. The predicted molar refractivity (Wildman–Crippen MR) is 89.4 cm³/mol. The van der Waals surface area contributed by atoms with Crippen molar-refractivity contribution < 1.29 is 4.74 Å². The fourth-order valence-electron chi connectivity index (χ4n) is 4.67. The maximum absolute atomic E-state index is 6.43. The van der Waals surface area contributed by atoms with Crippen molar-refractivity contribution in [3.8, 4) is 0 Å². The topological polar surface area (TPSA) is 38.5 Å². The maximum Gasteiger partial charge on any atom is 0.0760 e. The van der Waals surface area contributed by atoms with Gasteiger partial charge in [-0.05, 0) is 58.8 Å². The molecule has 124 valence electrons. The van der Waals surface area contributed by atoms with Crippen LogP contribution in [-0.4, -0.2) is 41.8 Å². The Bertz CT molecular complexity index is 324. The summed E-state index contributed by atoms with van der Waals surface area (Å²) in [6.07, 6.45) is 6.57. The van der Waals surface area contributed by atoms with Gasteiger partial charge in [0.1, 0.15) is 0 Å². The molecule has 3 atom stereocenters. The van der Waals surface area contributed by atoms with Crippen molar-refractivity contribution in [2.75, 3.05) is 19.6 Å². The van der Waals surface area contributed by atoms with Crippen LogP contribution in [0, 0.1) is 11.8 Å². The molecule has 2 rings (SSSR count). The fraction of sp³-hybridized carbons (Fsp3) is 1.00. The standard InChI is InChI=1S/C18H36N2O/c1-6-7-14-8-9-16(19)15(10-14)11-20-12-17(2,3)21-18(4,5)13-20/h14-16H,6-13,19H2,1-5H3. The minimum atomic E-state index is -0.0523. The molecule has 2 N–H and O–H groups in total. The van der Waals surface area contributed by atoms with Crippen molar-refractivity contribution in [1.82, 2.24) is 4.90 Å². The van der Waals surface area contributed by atoms with Gasteiger partial charge in [-0.25, -0.2) is 0 Å². The SMILES string of the molecule is CCCC1CCC(N)C(CN2CC(C)(C)OC(C)(C)C2)C1. The molecule has 0 aromatic rings. The smallest absolute Gasteiger partial charge is 0.0760 e. The molecule has 1 aliphatic heterocycles. The zero-order valence-electron chi connectivity index (χ0n) is 14.8. The van der Waals surface area contributed by atoms with E-state index in [0.717, 1.165) is 25.6 Å². The lowest BCUT2D eigenvalue weighted by molar-refractivity contribution is -0.183. The van der Waals surface area contributed by atoms with Crippen molar-refractivity contribution in [2.45, 2.75) is 84.0 Å². The van der Waals surface area contributed by atoms with Gasteiger partial charge in [-0.1, -0.05) is 19.8 Å². The van der Waals surface area contributed by atoms with E-state index in [1.165, 1.54) is 32.1 Å². The van der Waals surface area contributed by atoms with E-state index in [2.05, 4.69) is 39.5 Å². The molecule has 1 saturated heterocycles. The Morgan fingerprint density at radius 3 is 2.29 bits per heavy atom. The summed E-state index contributed by atoms with van der Waals surface area (Å²) in [5.41, 5.74) is 6.33. The second-order valence-electron chi connectivity index (χ2n) is 8.68. The van der Waals surface area contributed by atoms with Crippen LogP contribution < -0.4 is 5.73 Å². The third kappa shape index (κ3) is 4.94. The molecule has 1 aliphatic carbocycles. The van der Waals surface area contributed by atoms with E-state index in [9.17, 15) is 0 Å². The molecule has 2 aliphatic rings. The molecular weight excluding hydrogens is 260 g/mol. The van der Waals surface area contributed by atoms with Crippen molar-refractivity contribution in [3.05, 3.63) is 0 Å². The molecule has 0 aromatic carbocycles. The quantitative estimate of drug-likeness (QED) is 0.864. The monoisotopic (exact) mass is 296 g/mol. The summed E-state index contributed by atoms with van der Waals surface area (Å²) in [6.45, 7) is 14.3. The molecule has 2 fully saturated rings. The molecule has 0 bridgehead atoms. The van der Waals surface area contributed by atoms with Crippen LogP contribution in [0.15, 0.2) is 0 Å². The summed E-state index contributed by atoms with van der Waals surface area (Å²) in [5.74, 6) is 1.57. The lowest BCUT2D eigenvalue weighted by atomic mass is 9.76. The minimum Gasteiger partial charge on any atom is -0.367 e. The van der Waals surface area contributed by atoms with Gasteiger partial charge in [0, 0.05) is 25.7 Å². The van der Waals surface area contributed by atoms with E-state index in [-0.39, 0.29) is 11.2 Å². The summed E-state index contributed by atoms with van der Waals surface area (Å²) < 4.78 is 6.19. The van der Waals surface area contributed by atoms with Gasteiger partial charge in [-0.3, -0.25) is 4.90 Å². The van der Waals surface area contributed by atoms with E-state index in [1.54, 1.807) is 0 Å². The van der Waals surface area contributed by atoms with Gasteiger partial charge >= 0.3 is 0 Å². The fourth-order valence-corrected chi connectivity index (χ4v) is 4.67. The van der Waals surface area contributed by atoms with Crippen molar-refractivity contribution in [2.24, 2.45) is 17.6 Å². The van der Waals surface area contributed by atoms with Crippen LogP contribution in [0.1, 0.15) is 66.7 Å². The maximum atomic E-state index is 6.43. The highest BCUT2D eigenvalue weighted by molar-refractivity contribution is 4.92. The number of ether oxygens (including phenoxy) is 1. The van der Waals surface area contributed by atoms with Crippen LogP contribution in [0.25, 0.3) is 0 Å². The van der Waals surface area contributed by atoms with Crippen LogP contribution in [-0.2, 0) is 4.74 Å². The zero-order valence-corrected chi connectivity index (χ0v) is 14.8. The summed E-state index contributed by atoms with van der Waals surface area (Å²) >= 11 is 0. The highest BCUT2D eigenvalue weighted by Crippen LogP contribution is 2.34. The molecular formula is C18H36N2O. The first-order chi connectivity index (χ1) is 9.71. The zero-order chi connectivity index (χ0) is 15.7. The normalized spacial score (nSPS) is 36.6. The number of hydrogen-bond acceptors (Lipinski definition) is 3. The van der Waals surface area contributed by atoms with Crippen LogP contribution >= 0.6 is 0 Å². The molecule has 1 saturated carbocycles. The number of nitrogens with zero attached hydrogens (tertiary/aromatic N) is 1. The van der Waals surface area contributed by atoms with Gasteiger partial charge in [0.25, 0.3) is 0 Å². The first-order valence-corrected chi connectivity index (χ1v) is 8.89. The van der Waals surface area contributed by atoms with E-state index in [0.29, 0.717) is 12.0 Å². The molecule has 0 amide bonds. The number of hydrogen-bond donors (Lipinski definition) is 1. The summed E-state index contributed by atoms with van der Waals surface area (Å²) in [6, 6.07) is 0.396. The van der Waals surface area contributed by atoms with Crippen molar-refractivity contribution in [1.29, 1.82) is 0 Å². The summed E-state index contributed by atoms with van der Waals surface area (Å²) in [5, 5.41) is 0. The van der Waals surface area contributed by atoms with Gasteiger partial charge < -0.3 is 10.5 Å². The molecule has 1 heterocycles. The number of morpholine rings is 1. The minimum absolute atomic E-state index is 0.0523. The van der Waals surface area contributed by atoms with Crippen molar-refractivity contribution in [3.63, 3.8) is 0 Å². The molecule has 3 unspecified atom stereocenters. The van der Waals surface area contributed by atoms with E-state index >= 15 is 0 Å². The van der Waals surface area contributed by atoms with Crippen LogP contribution in [0.4, 0.5) is 0 Å².